The van der Waals surface area contributed by atoms with Crippen LogP contribution >= 0.6 is 0 Å². The molecule has 0 saturated carbocycles. The Hall–Kier alpha value is -2.89. The van der Waals surface area contributed by atoms with E-state index in [0.717, 1.165) is 17.7 Å². The monoisotopic (exact) mass is 299 g/mol. The number of hydrogen-bond acceptors (Lipinski definition) is 3. The van der Waals surface area contributed by atoms with E-state index in [0.29, 0.717) is 23.2 Å². The number of aldehydes is 1. The lowest BCUT2D eigenvalue weighted by molar-refractivity contribution is 0.111. The second-order valence-electron chi connectivity index (χ2n) is 4.82. The van der Waals surface area contributed by atoms with Crippen LogP contribution in [0, 0.1) is 18.6 Å². The molecule has 4 nitrogen and oxygen atoms in total. The van der Waals surface area contributed by atoms with E-state index >= 15 is 0 Å². The summed E-state index contributed by atoms with van der Waals surface area (Å²) in [7, 11) is 0. The largest absolute Gasteiger partial charge is 0.296 e. The summed E-state index contributed by atoms with van der Waals surface area (Å²) >= 11 is 0. The van der Waals surface area contributed by atoms with E-state index in [1.807, 2.05) is 25.1 Å². The number of aryl methyl sites for hydroxylation is 1. The van der Waals surface area contributed by atoms with Crippen molar-refractivity contribution in [1.29, 1.82) is 0 Å². The van der Waals surface area contributed by atoms with Crippen molar-refractivity contribution < 1.29 is 13.6 Å². The Morgan fingerprint density at radius 3 is 2.59 bits per heavy atom. The quantitative estimate of drug-likeness (QED) is 0.697. The zero-order valence-electron chi connectivity index (χ0n) is 11.6. The van der Waals surface area contributed by atoms with Crippen molar-refractivity contribution in [1.82, 2.24) is 15.0 Å². The Balaban J connectivity index is 2.23. The molecule has 0 fully saturated rings. The maximum Gasteiger partial charge on any atom is 0.172 e. The van der Waals surface area contributed by atoms with Gasteiger partial charge in [-0.15, -0.1) is 5.10 Å². The van der Waals surface area contributed by atoms with Crippen LogP contribution in [-0.4, -0.2) is 21.3 Å². The van der Waals surface area contributed by atoms with Crippen molar-refractivity contribution >= 4 is 6.29 Å². The molecule has 0 unspecified atom stereocenters. The molecule has 6 heteroatoms. The number of hydrogen-bond donors (Lipinski definition) is 0. The molecule has 2 aromatic carbocycles. The van der Waals surface area contributed by atoms with Gasteiger partial charge in [0.15, 0.2) is 23.6 Å². The van der Waals surface area contributed by atoms with E-state index in [1.165, 1.54) is 10.7 Å². The van der Waals surface area contributed by atoms with Gasteiger partial charge in [-0.1, -0.05) is 17.3 Å². The van der Waals surface area contributed by atoms with Crippen LogP contribution in [-0.2, 0) is 0 Å². The Bertz CT molecular complexity index is 858. The highest BCUT2D eigenvalue weighted by Crippen LogP contribution is 2.26. The maximum absolute atomic E-state index is 13.5. The van der Waals surface area contributed by atoms with Crippen LogP contribution in [0.2, 0.25) is 0 Å². The van der Waals surface area contributed by atoms with Crippen LogP contribution in [0.15, 0.2) is 42.5 Å². The van der Waals surface area contributed by atoms with E-state index in [2.05, 4.69) is 10.3 Å². The van der Waals surface area contributed by atoms with E-state index in [-0.39, 0.29) is 5.69 Å². The Morgan fingerprint density at radius 2 is 1.91 bits per heavy atom. The van der Waals surface area contributed by atoms with Gasteiger partial charge >= 0.3 is 0 Å². The van der Waals surface area contributed by atoms with Gasteiger partial charge in [-0.05, 0) is 42.8 Å². The van der Waals surface area contributed by atoms with Gasteiger partial charge in [0.1, 0.15) is 5.69 Å². The Kier molecular flexibility index (Phi) is 3.50. The first-order chi connectivity index (χ1) is 10.6. The average Bonchev–Trinajstić information content (AvgIpc) is 2.94. The molecular formula is C16H11F2N3O. The van der Waals surface area contributed by atoms with E-state index < -0.39 is 11.6 Å². The Labute approximate surface area is 125 Å². The summed E-state index contributed by atoms with van der Waals surface area (Å²) < 4.78 is 28.0. The van der Waals surface area contributed by atoms with Gasteiger partial charge < -0.3 is 0 Å². The standard InChI is InChI=1S/C16H11F2N3O/c1-10-3-2-4-12(7-10)21-16(15(9-22)19-20-21)11-5-6-13(17)14(18)8-11/h2-9H,1H3. The Morgan fingerprint density at radius 1 is 1.09 bits per heavy atom. The fourth-order valence-corrected chi connectivity index (χ4v) is 2.23. The molecule has 0 bridgehead atoms. The first kappa shape index (κ1) is 14.1. The first-order valence-corrected chi connectivity index (χ1v) is 6.53. The zero-order chi connectivity index (χ0) is 15.7. The molecule has 0 radical (unpaired) electrons. The van der Waals surface area contributed by atoms with Crippen LogP contribution in [0.25, 0.3) is 16.9 Å². The number of benzene rings is 2. The molecule has 1 heterocycles. The normalized spacial score (nSPS) is 10.7. The SMILES string of the molecule is Cc1cccc(-n2nnc(C=O)c2-c2ccc(F)c(F)c2)c1. The van der Waals surface area contributed by atoms with Gasteiger partial charge in [-0.2, -0.15) is 0 Å². The van der Waals surface area contributed by atoms with Crippen molar-refractivity contribution in [2.45, 2.75) is 6.92 Å². The third-order valence-electron chi connectivity index (χ3n) is 3.25. The second kappa shape index (κ2) is 5.48. The minimum Gasteiger partial charge on any atom is -0.296 e. The van der Waals surface area contributed by atoms with Crippen molar-refractivity contribution in [3.8, 4) is 16.9 Å². The predicted molar refractivity (Wildman–Crippen MR) is 76.8 cm³/mol. The lowest BCUT2D eigenvalue weighted by Gasteiger charge is -2.08. The number of aromatic nitrogens is 3. The molecule has 1 aromatic heterocycles. The number of carbonyl (C=O) groups is 1. The maximum atomic E-state index is 13.5. The first-order valence-electron chi connectivity index (χ1n) is 6.53. The van der Waals surface area contributed by atoms with Gasteiger partial charge in [-0.25, -0.2) is 13.5 Å². The number of rotatable bonds is 3. The lowest BCUT2D eigenvalue weighted by Crippen LogP contribution is -2.01. The zero-order valence-corrected chi connectivity index (χ0v) is 11.6. The molecule has 0 atom stereocenters. The molecule has 22 heavy (non-hydrogen) atoms. The summed E-state index contributed by atoms with van der Waals surface area (Å²) in [6.45, 7) is 1.91. The predicted octanol–water partition coefficient (Wildman–Crippen LogP) is 3.33. The van der Waals surface area contributed by atoms with Crippen LogP contribution in [0.3, 0.4) is 0 Å². The summed E-state index contributed by atoms with van der Waals surface area (Å²) in [6.07, 6.45) is 0.538. The minimum absolute atomic E-state index is 0.0625. The third-order valence-corrected chi connectivity index (χ3v) is 3.25. The van der Waals surface area contributed by atoms with Crippen LogP contribution < -0.4 is 0 Å². The number of nitrogens with zero attached hydrogens (tertiary/aromatic N) is 3. The molecule has 3 rings (SSSR count). The van der Waals surface area contributed by atoms with Crippen molar-refractivity contribution in [3.05, 3.63) is 65.4 Å². The van der Waals surface area contributed by atoms with Crippen LogP contribution in [0.5, 0.6) is 0 Å². The van der Waals surface area contributed by atoms with Gasteiger partial charge in [-0.3, -0.25) is 4.79 Å². The van der Waals surface area contributed by atoms with Crippen LogP contribution in [0.1, 0.15) is 16.1 Å². The van der Waals surface area contributed by atoms with Gasteiger partial charge in [0.05, 0.1) is 5.69 Å². The van der Waals surface area contributed by atoms with Gasteiger partial charge in [0.2, 0.25) is 0 Å². The molecule has 0 saturated heterocycles. The minimum atomic E-state index is -0.994. The number of carbonyl (C=O) groups excluding carboxylic acids is 1. The summed E-state index contributed by atoms with van der Waals surface area (Å²) in [4.78, 5) is 11.2. The van der Waals surface area contributed by atoms with Crippen LogP contribution in [0.4, 0.5) is 8.78 Å². The van der Waals surface area contributed by atoms with Crippen molar-refractivity contribution in [2.24, 2.45) is 0 Å². The highest BCUT2D eigenvalue weighted by Gasteiger charge is 2.17. The fraction of sp³-hybridized carbons (Fsp3) is 0.0625. The lowest BCUT2D eigenvalue weighted by atomic mass is 10.1. The average molecular weight is 299 g/mol. The highest BCUT2D eigenvalue weighted by atomic mass is 19.2. The smallest absolute Gasteiger partial charge is 0.172 e. The molecule has 0 aliphatic carbocycles. The number of halogens is 2. The van der Waals surface area contributed by atoms with Gasteiger partial charge in [0.25, 0.3) is 0 Å². The van der Waals surface area contributed by atoms with E-state index in [9.17, 15) is 13.6 Å². The molecule has 0 aliphatic heterocycles. The molecular weight excluding hydrogens is 288 g/mol. The molecule has 0 N–H and O–H groups in total. The summed E-state index contributed by atoms with van der Waals surface area (Å²) in [5, 5.41) is 7.74. The summed E-state index contributed by atoms with van der Waals surface area (Å²) in [6, 6.07) is 10.8. The van der Waals surface area contributed by atoms with Gasteiger partial charge in [0, 0.05) is 5.56 Å². The van der Waals surface area contributed by atoms with Crippen molar-refractivity contribution in [3.63, 3.8) is 0 Å². The fourth-order valence-electron chi connectivity index (χ4n) is 2.23. The van der Waals surface area contributed by atoms with E-state index in [1.54, 1.807) is 6.07 Å². The molecule has 3 aromatic rings. The molecule has 0 amide bonds. The van der Waals surface area contributed by atoms with E-state index in [4.69, 9.17) is 0 Å². The highest BCUT2D eigenvalue weighted by molar-refractivity contribution is 5.84. The van der Waals surface area contributed by atoms with Crippen molar-refractivity contribution in [2.75, 3.05) is 0 Å². The molecule has 110 valence electrons. The topological polar surface area (TPSA) is 47.8 Å². The second-order valence-corrected chi connectivity index (χ2v) is 4.82. The third kappa shape index (κ3) is 2.39. The molecule has 0 spiro atoms. The summed E-state index contributed by atoms with van der Waals surface area (Å²) in [5.74, 6) is -1.95. The molecule has 0 aliphatic rings. The summed E-state index contributed by atoms with van der Waals surface area (Å²) in [5.41, 5.74) is 2.39.